The van der Waals surface area contributed by atoms with Crippen LogP contribution in [0.2, 0.25) is 0 Å². The van der Waals surface area contributed by atoms with Crippen LogP contribution in [0, 0.1) is 19.7 Å². The van der Waals surface area contributed by atoms with Gasteiger partial charge in [0.05, 0.1) is 5.69 Å². The van der Waals surface area contributed by atoms with Gasteiger partial charge in [0.15, 0.2) is 5.82 Å². The number of rotatable bonds is 4. The van der Waals surface area contributed by atoms with Crippen molar-refractivity contribution < 1.29 is 4.39 Å². The molecular weight excluding hydrogens is 281 g/mol. The van der Waals surface area contributed by atoms with Crippen molar-refractivity contribution >= 4 is 5.82 Å². The van der Waals surface area contributed by atoms with Crippen molar-refractivity contribution in [3.63, 3.8) is 0 Å². The van der Waals surface area contributed by atoms with Crippen molar-refractivity contribution in [3.8, 4) is 5.82 Å². The average molecular weight is 297 g/mol. The smallest absolute Gasteiger partial charge is 0.159 e. The lowest BCUT2D eigenvalue weighted by Crippen LogP contribution is -2.07. The SMILES string of the molecule is Cc1cc(C)n(-c2cc(NCc3ccccc3F)ncn2)n1. The lowest BCUT2D eigenvalue weighted by atomic mass is 10.2. The number of nitrogens with zero attached hydrogens (tertiary/aromatic N) is 4. The first-order chi connectivity index (χ1) is 10.6. The lowest BCUT2D eigenvalue weighted by Gasteiger charge is -2.08. The molecule has 0 atom stereocenters. The lowest BCUT2D eigenvalue weighted by molar-refractivity contribution is 0.613. The van der Waals surface area contributed by atoms with E-state index < -0.39 is 0 Å². The van der Waals surface area contributed by atoms with Crippen LogP contribution in [0.1, 0.15) is 17.0 Å². The van der Waals surface area contributed by atoms with Crippen LogP contribution in [0.3, 0.4) is 0 Å². The molecular formula is C16H16FN5. The van der Waals surface area contributed by atoms with Crippen LogP contribution in [0.5, 0.6) is 0 Å². The molecule has 1 N–H and O–H groups in total. The quantitative estimate of drug-likeness (QED) is 0.804. The van der Waals surface area contributed by atoms with Gasteiger partial charge in [-0.15, -0.1) is 0 Å². The Labute approximate surface area is 127 Å². The molecule has 0 spiro atoms. The molecule has 22 heavy (non-hydrogen) atoms. The van der Waals surface area contributed by atoms with Crippen molar-refractivity contribution in [2.75, 3.05) is 5.32 Å². The summed E-state index contributed by atoms with van der Waals surface area (Å²) in [5.74, 6) is 1.07. The molecule has 2 aromatic heterocycles. The van der Waals surface area contributed by atoms with Crippen LogP contribution in [-0.2, 0) is 6.54 Å². The molecule has 0 aliphatic rings. The molecule has 3 aromatic rings. The highest BCUT2D eigenvalue weighted by Gasteiger charge is 2.07. The van der Waals surface area contributed by atoms with Gasteiger partial charge in [0, 0.05) is 23.9 Å². The second-order valence-electron chi connectivity index (χ2n) is 5.05. The zero-order valence-corrected chi connectivity index (χ0v) is 12.4. The third kappa shape index (κ3) is 2.95. The summed E-state index contributed by atoms with van der Waals surface area (Å²) in [6.07, 6.45) is 1.47. The summed E-state index contributed by atoms with van der Waals surface area (Å²) in [4.78, 5) is 8.39. The summed E-state index contributed by atoms with van der Waals surface area (Å²) in [6, 6.07) is 10.4. The summed E-state index contributed by atoms with van der Waals surface area (Å²) in [5.41, 5.74) is 2.52. The van der Waals surface area contributed by atoms with Crippen LogP contribution in [-0.4, -0.2) is 19.7 Å². The van der Waals surface area contributed by atoms with E-state index in [4.69, 9.17) is 0 Å². The first-order valence-corrected chi connectivity index (χ1v) is 6.96. The standard InChI is InChI=1S/C16H16FN5/c1-11-7-12(2)22(21-11)16-8-15(19-10-20-16)18-9-13-5-3-4-6-14(13)17/h3-8,10H,9H2,1-2H3,(H,18,19,20). The minimum atomic E-state index is -0.233. The molecule has 1 aromatic carbocycles. The molecule has 0 unspecified atom stereocenters. The molecule has 0 radical (unpaired) electrons. The third-order valence-corrected chi connectivity index (χ3v) is 3.30. The van der Waals surface area contributed by atoms with E-state index in [1.807, 2.05) is 19.9 Å². The molecule has 0 aliphatic heterocycles. The Kier molecular flexibility index (Phi) is 3.82. The van der Waals surface area contributed by atoms with E-state index in [2.05, 4.69) is 20.4 Å². The maximum atomic E-state index is 13.6. The number of hydrogen-bond acceptors (Lipinski definition) is 4. The van der Waals surface area contributed by atoms with E-state index in [1.54, 1.807) is 28.9 Å². The van der Waals surface area contributed by atoms with Crippen LogP contribution in [0.15, 0.2) is 42.7 Å². The maximum Gasteiger partial charge on any atom is 0.159 e. The van der Waals surface area contributed by atoms with Gasteiger partial charge >= 0.3 is 0 Å². The molecule has 0 saturated heterocycles. The van der Waals surface area contributed by atoms with Crippen molar-refractivity contribution in [2.45, 2.75) is 20.4 Å². The molecule has 2 heterocycles. The molecule has 112 valence electrons. The Morgan fingerprint density at radius 2 is 1.95 bits per heavy atom. The number of nitrogens with one attached hydrogen (secondary N) is 1. The fraction of sp³-hybridized carbons (Fsp3) is 0.188. The largest absolute Gasteiger partial charge is 0.366 e. The highest BCUT2D eigenvalue weighted by Crippen LogP contribution is 2.14. The van der Waals surface area contributed by atoms with Gasteiger partial charge in [0.2, 0.25) is 0 Å². The van der Waals surface area contributed by atoms with Crippen molar-refractivity contribution in [2.24, 2.45) is 0 Å². The average Bonchev–Trinajstić information content (AvgIpc) is 2.85. The Bertz CT molecular complexity index is 797. The molecule has 0 fully saturated rings. The van der Waals surface area contributed by atoms with Crippen LogP contribution in [0.4, 0.5) is 10.2 Å². The van der Waals surface area contributed by atoms with E-state index in [1.165, 1.54) is 12.4 Å². The molecule has 5 nitrogen and oxygen atoms in total. The third-order valence-electron chi connectivity index (χ3n) is 3.30. The monoisotopic (exact) mass is 297 g/mol. The number of benzene rings is 1. The van der Waals surface area contributed by atoms with Gasteiger partial charge in [0.25, 0.3) is 0 Å². The Hall–Kier alpha value is -2.76. The van der Waals surface area contributed by atoms with E-state index in [-0.39, 0.29) is 5.82 Å². The van der Waals surface area contributed by atoms with Crippen molar-refractivity contribution in [3.05, 3.63) is 65.5 Å². The topological polar surface area (TPSA) is 55.6 Å². The number of anilines is 1. The maximum absolute atomic E-state index is 13.6. The van der Waals surface area contributed by atoms with Crippen LogP contribution >= 0.6 is 0 Å². The zero-order chi connectivity index (χ0) is 15.5. The number of hydrogen-bond donors (Lipinski definition) is 1. The molecule has 3 rings (SSSR count). The van der Waals surface area contributed by atoms with Gasteiger partial charge < -0.3 is 5.32 Å². The van der Waals surface area contributed by atoms with Crippen molar-refractivity contribution in [1.29, 1.82) is 0 Å². The predicted molar refractivity (Wildman–Crippen MR) is 82.4 cm³/mol. The van der Waals surface area contributed by atoms with E-state index in [0.717, 1.165) is 11.4 Å². The van der Waals surface area contributed by atoms with E-state index in [0.29, 0.717) is 23.7 Å². The van der Waals surface area contributed by atoms with Gasteiger partial charge in [-0.1, -0.05) is 18.2 Å². The highest BCUT2D eigenvalue weighted by atomic mass is 19.1. The van der Waals surface area contributed by atoms with Gasteiger partial charge in [-0.05, 0) is 26.0 Å². The molecule has 6 heteroatoms. The summed E-state index contributed by atoms with van der Waals surface area (Å²) < 4.78 is 15.4. The highest BCUT2D eigenvalue weighted by molar-refractivity contribution is 5.41. The minimum Gasteiger partial charge on any atom is -0.366 e. The van der Waals surface area contributed by atoms with E-state index >= 15 is 0 Å². The zero-order valence-electron chi connectivity index (χ0n) is 12.4. The second-order valence-corrected chi connectivity index (χ2v) is 5.05. The minimum absolute atomic E-state index is 0.233. The fourth-order valence-corrected chi connectivity index (χ4v) is 2.25. The Morgan fingerprint density at radius 3 is 2.68 bits per heavy atom. The molecule has 0 aliphatic carbocycles. The van der Waals surface area contributed by atoms with Crippen LogP contribution < -0.4 is 5.32 Å². The molecule has 0 amide bonds. The van der Waals surface area contributed by atoms with Gasteiger partial charge in [-0.2, -0.15) is 5.10 Å². The summed E-state index contributed by atoms with van der Waals surface area (Å²) in [7, 11) is 0. The van der Waals surface area contributed by atoms with Crippen molar-refractivity contribution in [1.82, 2.24) is 19.7 Å². The normalized spacial score (nSPS) is 10.7. The number of aromatic nitrogens is 4. The first-order valence-electron chi connectivity index (χ1n) is 6.96. The Morgan fingerprint density at radius 1 is 1.14 bits per heavy atom. The Balaban J connectivity index is 1.80. The second kappa shape index (κ2) is 5.93. The molecule has 0 saturated carbocycles. The van der Waals surface area contributed by atoms with Gasteiger partial charge in [-0.25, -0.2) is 19.0 Å². The van der Waals surface area contributed by atoms with Gasteiger partial charge in [-0.3, -0.25) is 0 Å². The first kappa shape index (κ1) is 14.2. The van der Waals surface area contributed by atoms with Crippen LogP contribution in [0.25, 0.3) is 5.82 Å². The fourth-order valence-electron chi connectivity index (χ4n) is 2.25. The summed E-state index contributed by atoms with van der Waals surface area (Å²) in [6.45, 7) is 4.26. The van der Waals surface area contributed by atoms with Gasteiger partial charge in [0.1, 0.15) is 18.0 Å². The number of halogens is 1. The summed E-state index contributed by atoms with van der Waals surface area (Å²) >= 11 is 0. The molecule has 0 bridgehead atoms. The predicted octanol–water partition coefficient (Wildman–Crippen LogP) is 3.03. The van der Waals surface area contributed by atoms with E-state index in [9.17, 15) is 4.39 Å². The number of aryl methyl sites for hydroxylation is 2. The summed E-state index contributed by atoms with van der Waals surface area (Å²) in [5, 5.41) is 7.50.